The molecule has 0 radical (unpaired) electrons. The number of rotatable bonds is 7. The molecule has 0 saturated carbocycles. The SMILES string of the molecule is CCc1nc(C)ccc1OC(=O)N(C)C.CCc1nc(C)ccc1OC(=O)N(C)C.O=C(O)CCC(=O)O. The zero-order valence-electron chi connectivity index (χ0n) is 23.3. The first-order valence-corrected chi connectivity index (χ1v) is 11.9. The molecule has 0 aliphatic heterocycles. The number of carbonyl (C=O) groups is 4. The van der Waals surface area contributed by atoms with Crippen molar-refractivity contribution < 1.29 is 38.9 Å². The molecule has 0 unspecified atom stereocenters. The fourth-order valence-electron chi connectivity index (χ4n) is 2.47. The minimum Gasteiger partial charge on any atom is -0.481 e. The van der Waals surface area contributed by atoms with Crippen LogP contribution in [0, 0.1) is 13.8 Å². The summed E-state index contributed by atoms with van der Waals surface area (Å²) in [6, 6.07) is 7.22. The maximum atomic E-state index is 11.3. The van der Waals surface area contributed by atoms with Crippen molar-refractivity contribution in [3.8, 4) is 11.5 Å². The molecule has 2 rings (SSSR count). The third kappa shape index (κ3) is 13.8. The van der Waals surface area contributed by atoms with Gasteiger partial charge in [0.2, 0.25) is 0 Å². The maximum Gasteiger partial charge on any atom is 0.414 e. The normalized spacial score (nSPS) is 9.58. The number of aryl methyl sites for hydroxylation is 4. The van der Waals surface area contributed by atoms with E-state index in [-0.39, 0.29) is 25.0 Å². The predicted octanol–water partition coefficient (Wildman–Crippen LogP) is 3.96. The Morgan fingerprint density at radius 2 is 1.00 bits per heavy atom. The van der Waals surface area contributed by atoms with Crippen molar-refractivity contribution in [2.24, 2.45) is 0 Å². The third-order valence-electron chi connectivity index (χ3n) is 4.49. The van der Waals surface area contributed by atoms with Crippen LogP contribution in [0.1, 0.15) is 49.5 Å². The summed E-state index contributed by atoms with van der Waals surface area (Å²) in [6.07, 6.45) is 0.144. The van der Waals surface area contributed by atoms with E-state index >= 15 is 0 Å². The van der Waals surface area contributed by atoms with E-state index in [9.17, 15) is 19.2 Å². The summed E-state index contributed by atoms with van der Waals surface area (Å²) in [5, 5.41) is 15.8. The summed E-state index contributed by atoms with van der Waals surface area (Å²) >= 11 is 0. The first kappa shape index (κ1) is 33.8. The molecule has 0 aromatic carbocycles. The largest absolute Gasteiger partial charge is 0.481 e. The highest BCUT2D eigenvalue weighted by molar-refractivity contribution is 5.75. The lowest BCUT2D eigenvalue weighted by molar-refractivity contribution is -0.143. The van der Waals surface area contributed by atoms with E-state index in [4.69, 9.17) is 19.7 Å². The van der Waals surface area contributed by atoms with Gasteiger partial charge in [-0.3, -0.25) is 19.6 Å². The molecule has 0 saturated heterocycles. The van der Waals surface area contributed by atoms with E-state index in [0.717, 1.165) is 35.6 Å². The van der Waals surface area contributed by atoms with Crippen LogP contribution in [0.25, 0.3) is 0 Å². The van der Waals surface area contributed by atoms with Crippen LogP contribution in [-0.4, -0.2) is 82.3 Å². The van der Waals surface area contributed by atoms with E-state index in [1.165, 1.54) is 9.80 Å². The molecule has 12 nitrogen and oxygen atoms in total. The number of amides is 2. The summed E-state index contributed by atoms with van der Waals surface area (Å²) in [5.41, 5.74) is 3.48. The summed E-state index contributed by atoms with van der Waals surface area (Å²) in [7, 11) is 6.59. The number of hydrogen-bond acceptors (Lipinski definition) is 8. The minimum atomic E-state index is -1.08. The van der Waals surface area contributed by atoms with Gasteiger partial charge in [-0.25, -0.2) is 9.59 Å². The molecule has 210 valence electrons. The average molecular weight is 535 g/mol. The highest BCUT2D eigenvalue weighted by Gasteiger charge is 2.12. The molecule has 2 N–H and O–H groups in total. The number of pyridine rings is 2. The Morgan fingerprint density at radius 1 is 0.684 bits per heavy atom. The second-order valence-corrected chi connectivity index (χ2v) is 8.31. The number of carboxylic acids is 2. The molecule has 0 spiro atoms. The van der Waals surface area contributed by atoms with Crippen LogP contribution >= 0.6 is 0 Å². The molecule has 0 aliphatic rings. The lowest BCUT2D eigenvalue weighted by Crippen LogP contribution is -2.25. The highest BCUT2D eigenvalue weighted by atomic mass is 16.6. The quantitative estimate of drug-likeness (QED) is 0.532. The van der Waals surface area contributed by atoms with Crippen molar-refractivity contribution in [3.05, 3.63) is 47.0 Å². The monoisotopic (exact) mass is 534 g/mol. The highest BCUT2D eigenvalue weighted by Crippen LogP contribution is 2.19. The van der Waals surface area contributed by atoms with Gasteiger partial charge < -0.3 is 29.5 Å². The fraction of sp³-hybridized carbons (Fsp3) is 0.462. The summed E-state index contributed by atoms with van der Waals surface area (Å²) in [4.78, 5) is 53.4. The molecular formula is C26H38N4O8. The maximum absolute atomic E-state index is 11.3. The van der Waals surface area contributed by atoms with E-state index in [2.05, 4.69) is 9.97 Å². The number of aliphatic carboxylic acids is 2. The van der Waals surface area contributed by atoms with Crippen molar-refractivity contribution in [1.29, 1.82) is 0 Å². The van der Waals surface area contributed by atoms with Crippen LogP contribution in [0.4, 0.5) is 9.59 Å². The molecule has 0 aliphatic carbocycles. The van der Waals surface area contributed by atoms with Crippen molar-refractivity contribution in [1.82, 2.24) is 19.8 Å². The average Bonchev–Trinajstić information content (AvgIpc) is 2.85. The van der Waals surface area contributed by atoms with Gasteiger partial charge in [0.05, 0.1) is 24.2 Å². The molecule has 0 fully saturated rings. The van der Waals surface area contributed by atoms with Crippen LogP contribution in [-0.2, 0) is 22.4 Å². The van der Waals surface area contributed by atoms with Crippen molar-refractivity contribution in [3.63, 3.8) is 0 Å². The van der Waals surface area contributed by atoms with Gasteiger partial charge in [-0.2, -0.15) is 0 Å². The minimum absolute atomic E-state index is 0.296. The van der Waals surface area contributed by atoms with Gasteiger partial charge in [0.25, 0.3) is 0 Å². The second-order valence-electron chi connectivity index (χ2n) is 8.31. The number of aromatic nitrogens is 2. The number of ether oxygens (including phenoxy) is 2. The molecule has 0 atom stereocenters. The second kappa shape index (κ2) is 17.3. The van der Waals surface area contributed by atoms with Crippen molar-refractivity contribution >= 4 is 24.1 Å². The molecule has 2 aromatic heterocycles. The first-order chi connectivity index (χ1) is 17.7. The molecule has 0 bridgehead atoms. The summed E-state index contributed by atoms with van der Waals surface area (Å²) in [5.74, 6) is -1.07. The van der Waals surface area contributed by atoms with E-state index in [1.54, 1.807) is 40.3 Å². The third-order valence-corrected chi connectivity index (χ3v) is 4.49. The fourth-order valence-corrected chi connectivity index (χ4v) is 2.47. The molecule has 12 heteroatoms. The Bertz CT molecular complexity index is 1000. The van der Waals surface area contributed by atoms with Gasteiger partial charge in [0, 0.05) is 39.6 Å². The van der Waals surface area contributed by atoms with Gasteiger partial charge in [-0.05, 0) is 51.0 Å². The van der Waals surface area contributed by atoms with Crippen LogP contribution in [0.3, 0.4) is 0 Å². The summed E-state index contributed by atoms with van der Waals surface area (Å²) < 4.78 is 10.4. The van der Waals surface area contributed by atoms with Crippen LogP contribution < -0.4 is 9.47 Å². The van der Waals surface area contributed by atoms with Gasteiger partial charge in [-0.15, -0.1) is 0 Å². The Labute approximate surface area is 223 Å². The zero-order valence-corrected chi connectivity index (χ0v) is 23.3. The molecular weight excluding hydrogens is 496 g/mol. The predicted molar refractivity (Wildman–Crippen MR) is 141 cm³/mol. The Balaban J connectivity index is 0.000000569. The number of carboxylic acid groups (broad SMARTS) is 2. The molecule has 2 aromatic rings. The smallest absolute Gasteiger partial charge is 0.414 e. The van der Waals surface area contributed by atoms with Crippen LogP contribution in [0.5, 0.6) is 11.5 Å². The Kier molecular flexibility index (Phi) is 15.4. The van der Waals surface area contributed by atoms with E-state index in [0.29, 0.717) is 11.5 Å². The zero-order chi connectivity index (χ0) is 29.4. The summed E-state index contributed by atoms with van der Waals surface area (Å²) in [6.45, 7) is 7.79. The standard InChI is InChI=1S/2C11H16N2O2.C4H6O4/c2*1-5-9-10(7-6-8(2)12-9)15-11(14)13(3)4;5-3(6)1-2-4(7)8/h2*6-7H,5H2,1-4H3;1-2H2,(H,5,6)(H,7,8). The van der Waals surface area contributed by atoms with E-state index in [1.807, 2.05) is 39.8 Å². The van der Waals surface area contributed by atoms with Gasteiger partial charge in [0.15, 0.2) is 11.5 Å². The van der Waals surface area contributed by atoms with Gasteiger partial charge >= 0.3 is 24.1 Å². The Morgan fingerprint density at radius 3 is 1.24 bits per heavy atom. The first-order valence-electron chi connectivity index (χ1n) is 11.9. The Hall–Kier alpha value is -4.22. The van der Waals surface area contributed by atoms with Crippen LogP contribution in [0.15, 0.2) is 24.3 Å². The van der Waals surface area contributed by atoms with E-state index < -0.39 is 11.9 Å². The van der Waals surface area contributed by atoms with Gasteiger partial charge in [-0.1, -0.05) is 13.8 Å². The van der Waals surface area contributed by atoms with Gasteiger partial charge in [0.1, 0.15) is 0 Å². The number of nitrogens with zero attached hydrogens (tertiary/aromatic N) is 4. The topological polar surface area (TPSA) is 159 Å². The lowest BCUT2D eigenvalue weighted by Gasteiger charge is -2.12. The number of hydrogen-bond donors (Lipinski definition) is 2. The lowest BCUT2D eigenvalue weighted by atomic mass is 10.2. The molecule has 2 heterocycles. The molecule has 38 heavy (non-hydrogen) atoms. The molecule has 2 amide bonds. The van der Waals surface area contributed by atoms with Crippen LogP contribution in [0.2, 0.25) is 0 Å². The van der Waals surface area contributed by atoms with Crippen molar-refractivity contribution in [2.45, 2.75) is 53.4 Å². The van der Waals surface area contributed by atoms with Crippen molar-refractivity contribution in [2.75, 3.05) is 28.2 Å². The number of carbonyl (C=O) groups excluding carboxylic acids is 2.